The van der Waals surface area contributed by atoms with Gasteiger partial charge in [-0.1, -0.05) is 107 Å². The summed E-state index contributed by atoms with van der Waals surface area (Å²) in [5, 5.41) is 24.7. The number of aromatic nitrogens is 2. The molecule has 0 unspecified atom stereocenters. The Balaban J connectivity index is 1.47. The third-order valence-electron chi connectivity index (χ3n) is 8.63. The third-order valence-corrected chi connectivity index (χ3v) is 8.63. The number of nitrogens with zero attached hydrogens (tertiary/aromatic N) is 3. The van der Waals surface area contributed by atoms with E-state index in [2.05, 4.69) is 26.1 Å². The zero-order chi connectivity index (χ0) is 37.7. The van der Waals surface area contributed by atoms with E-state index in [9.17, 15) is 19.5 Å². The number of benzene rings is 2. The first-order valence-corrected chi connectivity index (χ1v) is 17.6. The van der Waals surface area contributed by atoms with Crippen LogP contribution in [0.4, 0.5) is 9.59 Å². The van der Waals surface area contributed by atoms with Gasteiger partial charge in [-0.2, -0.15) is 0 Å². The summed E-state index contributed by atoms with van der Waals surface area (Å²) in [5.74, 6) is 0.00622. The van der Waals surface area contributed by atoms with E-state index in [1.165, 1.54) is 4.90 Å². The quantitative estimate of drug-likeness (QED) is 0.118. The predicted octanol–water partition coefficient (Wildman–Crippen LogP) is 5.55. The van der Waals surface area contributed by atoms with Crippen LogP contribution in [-0.2, 0) is 40.9 Å². The van der Waals surface area contributed by atoms with Crippen molar-refractivity contribution in [3.8, 4) is 0 Å². The highest BCUT2D eigenvalue weighted by Gasteiger charge is 2.32. The number of hydrogen-bond acceptors (Lipinski definition) is 8. The summed E-state index contributed by atoms with van der Waals surface area (Å²) in [7, 11) is 1.62. The molecular weight excluding hydrogens is 660 g/mol. The Morgan fingerprint density at radius 1 is 0.885 bits per heavy atom. The molecule has 4 amide bonds. The molecule has 0 aliphatic heterocycles. The van der Waals surface area contributed by atoms with Crippen molar-refractivity contribution in [1.29, 1.82) is 0 Å². The van der Waals surface area contributed by atoms with E-state index in [4.69, 9.17) is 9.26 Å². The standard InChI is InChI=1S/C40H52N6O6/c1-27(2)36(44-38(49)46(6)25-32-23-35(52-45-32)40(3,4)5)37(48)43-33(21-29-16-11-8-12-17-29)34(47)22-31(20-28-14-9-7-10-15-28)42-39(50)51-26-30-18-13-19-41-24-30/h7-19,23-24,27,31,33-34,36,47H,20-22,25-26H2,1-6H3,(H,42,50)(H,43,48)(H,44,49)/t31-,33-,34-,36-/m0/s1. The molecule has 0 bridgehead atoms. The first kappa shape index (κ1) is 39.6. The highest BCUT2D eigenvalue weighted by atomic mass is 16.5. The van der Waals surface area contributed by atoms with Crippen LogP contribution in [0, 0.1) is 5.92 Å². The Labute approximate surface area is 306 Å². The highest BCUT2D eigenvalue weighted by Crippen LogP contribution is 2.23. The van der Waals surface area contributed by atoms with Crippen LogP contribution in [0.15, 0.2) is 95.8 Å². The Morgan fingerprint density at radius 3 is 2.10 bits per heavy atom. The Bertz CT molecular complexity index is 1690. The third kappa shape index (κ3) is 12.5. The van der Waals surface area contributed by atoms with Crippen molar-refractivity contribution in [2.24, 2.45) is 5.92 Å². The molecule has 0 aliphatic carbocycles. The molecule has 4 atom stereocenters. The molecule has 4 aromatic rings. The molecule has 0 aliphatic rings. The molecule has 52 heavy (non-hydrogen) atoms. The van der Waals surface area contributed by atoms with Crippen LogP contribution < -0.4 is 16.0 Å². The second kappa shape index (κ2) is 18.8. The smallest absolute Gasteiger partial charge is 0.407 e. The van der Waals surface area contributed by atoms with E-state index in [0.29, 0.717) is 24.3 Å². The average molecular weight is 713 g/mol. The summed E-state index contributed by atoms with van der Waals surface area (Å²) in [6, 6.07) is 21.9. The van der Waals surface area contributed by atoms with Crippen molar-refractivity contribution in [3.05, 3.63) is 119 Å². The molecule has 12 heteroatoms. The fraction of sp³-hybridized carbons (Fsp3) is 0.425. The van der Waals surface area contributed by atoms with E-state index in [0.717, 1.165) is 16.7 Å². The minimum absolute atomic E-state index is 0.0427. The number of urea groups is 1. The number of nitrogens with one attached hydrogen (secondary N) is 3. The fourth-order valence-corrected chi connectivity index (χ4v) is 5.64. The second-order valence-electron chi connectivity index (χ2n) is 14.5. The molecule has 0 saturated heterocycles. The number of alkyl carbamates (subject to hydrolysis) is 1. The molecule has 2 aromatic carbocycles. The molecule has 0 radical (unpaired) electrons. The van der Waals surface area contributed by atoms with Gasteiger partial charge in [-0.15, -0.1) is 0 Å². The van der Waals surface area contributed by atoms with Gasteiger partial charge < -0.3 is 35.2 Å². The number of aliphatic hydroxyl groups excluding tert-OH is 1. The van der Waals surface area contributed by atoms with Crippen LogP contribution >= 0.6 is 0 Å². The summed E-state index contributed by atoms with van der Waals surface area (Å²) in [5.41, 5.74) is 2.98. The number of ether oxygens (including phenoxy) is 1. The topological polar surface area (TPSA) is 159 Å². The van der Waals surface area contributed by atoms with Crippen LogP contribution in [0.2, 0.25) is 0 Å². The van der Waals surface area contributed by atoms with Gasteiger partial charge >= 0.3 is 12.1 Å². The summed E-state index contributed by atoms with van der Waals surface area (Å²) < 4.78 is 10.9. The fourth-order valence-electron chi connectivity index (χ4n) is 5.64. The molecule has 0 spiro atoms. The number of amides is 4. The van der Waals surface area contributed by atoms with Crippen molar-refractivity contribution in [2.45, 2.75) is 96.7 Å². The van der Waals surface area contributed by atoms with Crippen LogP contribution in [0.5, 0.6) is 0 Å². The molecule has 2 aromatic heterocycles. The summed E-state index contributed by atoms with van der Waals surface area (Å²) in [6.07, 6.45) is 2.41. The molecule has 2 heterocycles. The normalized spacial score (nSPS) is 13.8. The number of aliphatic hydroxyl groups is 1. The van der Waals surface area contributed by atoms with Crippen LogP contribution in [-0.4, -0.2) is 69.5 Å². The lowest BCUT2D eigenvalue weighted by Crippen LogP contribution is -2.57. The number of pyridine rings is 1. The summed E-state index contributed by atoms with van der Waals surface area (Å²) in [4.78, 5) is 45.7. The maximum Gasteiger partial charge on any atom is 0.407 e. The first-order chi connectivity index (χ1) is 24.8. The van der Waals surface area contributed by atoms with Crippen molar-refractivity contribution in [3.63, 3.8) is 0 Å². The number of carbonyl (C=O) groups is 3. The predicted molar refractivity (Wildman–Crippen MR) is 198 cm³/mol. The van der Waals surface area contributed by atoms with Crippen molar-refractivity contribution in [2.75, 3.05) is 7.05 Å². The van der Waals surface area contributed by atoms with E-state index in [-0.39, 0.29) is 30.9 Å². The summed E-state index contributed by atoms with van der Waals surface area (Å²) in [6.45, 7) is 9.96. The molecule has 0 fully saturated rings. The van der Waals surface area contributed by atoms with Gasteiger partial charge in [0.25, 0.3) is 0 Å². The molecule has 0 saturated carbocycles. The monoisotopic (exact) mass is 712 g/mol. The number of carbonyl (C=O) groups excluding carboxylic acids is 3. The number of hydrogen-bond donors (Lipinski definition) is 4. The SMILES string of the molecule is CC(C)[C@H](NC(=O)N(C)Cc1cc(C(C)(C)C)on1)C(=O)N[C@@H](Cc1ccccc1)[C@@H](O)C[C@H](Cc1ccccc1)NC(=O)OCc1cccnc1. The molecule has 4 N–H and O–H groups in total. The van der Waals surface area contributed by atoms with E-state index in [1.54, 1.807) is 25.5 Å². The minimum Gasteiger partial charge on any atom is -0.445 e. The van der Waals surface area contributed by atoms with E-state index < -0.39 is 42.3 Å². The Morgan fingerprint density at radius 2 is 1.52 bits per heavy atom. The van der Waals surface area contributed by atoms with E-state index >= 15 is 0 Å². The Hall–Kier alpha value is -5.23. The van der Waals surface area contributed by atoms with Gasteiger partial charge in [-0.05, 0) is 42.4 Å². The van der Waals surface area contributed by atoms with Crippen molar-refractivity contribution < 1.29 is 28.8 Å². The lowest BCUT2D eigenvalue weighted by Gasteiger charge is -2.31. The van der Waals surface area contributed by atoms with Crippen LogP contribution in [0.3, 0.4) is 0 Å². The number of rotatable bonds is 16. The highest BCUT2D eigenvalue weighted by molar-refractivity contribution is 5.87. The van der Waals surface area contributed by atoms with Gasteiger partial charge in [0.2, 0.25) is 5.91 Å². The minimum atomic E-state index is -1.08. The van der Waals surface area contributed by atoms with Gasteiger partial charge in [0.1, 0.15) is 24.1 Å². The van der Waals surface area contributed by atoms with Gasteiger partial charge in [0.15, 0.2) is 0 Å². The van der Waals surface area contributed by atoms with Crippen molar-refractivity contribution in [1.82, 2.24) is 31.0 Å². The summed E-state index contributed by atoms with van der Waals surface area (Å²) >= 11 is 0. The molecule has 12 nitrogen and oxygen atoms in total. The zero-order valence-electron chi connectivity index (χ0n) is 30.9. The maximum atomic E-state index is 13.9. The first-order valence-electron chi connectivity index (χ1n) is 17.6. The van der Waals surface area contributed by atoms with Crippen molar-refractivity contribution >= 4 is 18.0 Å². The lowest BCUT2D eigenvalue weighted by molar-refractivity contribution is -0.125. The van der Waals surface area contributed by atoms with Gasteiger partial charge in [0.05, 0.1) is 18.7 Å². The average Bonchev–Trinajstić information content (AvgIpc) is 3.60. The van der Waals surface area contributed by atoms with Crippen LogP contribution in [0.1, 0.15) is 69.2 Å². The lowest BCUT2D eigenvalue weighted by atomic mass is 9.93. The van der Waals surface area contributed by atoms with Gasteiger partial charge in [0, 0.05) is 42.5 Å². The Kier molecular flexibility index (Phi) is 14.3. The van der Waals surface area contributed by atoms with E-state index in [1.807, 2.05) is 107 Å². The van der Waals surface area contributed by atoms with Gasteiger partial charge in [-0.3, -0.25) is 9.78 Å². The van der Waals surface area contributed by atoms with Crippen LogP contribution in [0.25, 0.3) is 0 Å². The second-order valence-corrected chi connectivity index (χ2v) is 14.5. The maximum absolute atomic E-state index is 13.9. The molecule has 278 valence electrons. The van der Waals surface area contributed by atoms with Gasteiger partial charge in [-0.25, -0.2) is 9.59 Å². The molecular formula is C40H52N6O6. The zero-order valence-corrected chi connectivity index (χ0v) is 30.9. The largest absolute Gasteiger partial charge is 0.445 e. The molecule has 4 rings (SSSR count).